The number of aryl methyl sites for hydroxylation is 1. The van der Waals surface area contributed by atoms with Crippen molar-refractivity contribution in [2.45, 2.75) is 43.2 Å². The van der Waals surface area contributed by atoms with Gasteiger partial charge in [-0.25, -0.2) is 4.68 Å². The van der Waals surface area contributed by atoms with Crippen LogP contribution >= 0.6 is 11.6 Å². The number of likely N-dealkylation sites (tertiary alicyclic amines) is 2. The lowest BCUT2D eigenvalue weighted by Crippen LogP contribution is -2.54. The zero-order valence-corrected chi connectivity index (χ0v) is 27.2. The van der Waals surface area contributed by atoms with Crippen LogP contribution in [-0.4, -0.2) is 99.3 Å². The van der Waals surface area contributed by atoms with Gasteiger partial charge in [0.15, 0.2) is 0 Å². The summed E-state index contributed by atoms with van der Waals surface area (Å²) in [5.41, 5.74) is 3.18. The maximum atomic E-state index is 13.3. The normalized spacial score (nSPS) is 23.2. The van der Waals surface area contributed by atoms with Gasteiger partial charge < -0.3 is 15.1 Å². The zero-order valence-electron chi connectivity index (χ0n) is 26.4. The number of fused-ring (bicyclic) bond motifs is 1. The summed E-state index contributed by atoms with van der Waals surface area (Å²) >= 11 is 6.28. The number of nitrogens with one attached hydrogen (secondary N) is 2. The van der Waals surface area contributed by atoms with Gasteiger partial charge in [-0.1, -0.05) is 29.8 Å². The summed E-state index contributed by atoms with van der Waals surface area (Å²) in [6.07, 6.45) is 2.55. The quantitative estimate of drug-likeness (QED) is 0.375. The van der Waals surface area contributed by atoms with Crippen LogP contribution in [0.15, 0.2) is 53.5 Å². The van der Waals surface area contributed by atoms with E-state index < -0.39 is 29.7 Å². The Balaban J connectivity index is 0.970. The summed E-state index contributed by atoms with van der Waals surface area (Å²) in [5, 5.41) is 9.79. The molecule has 2 N–H and O–H groups in total. The number of anilines is 1. The van der Waals surface area contributed by atoms with Crippen LogP contribution in [0, 0.1) is 0 Å². The van der Waals surface area contributed by atoms with Gasteiger partial charge in [-0.2, -0.15) is 5.10 Å². The van der Waals surface area contributed by atoms with Crippen LogP contribution in [0.2, 0.25) is 5.02 Å². The fraction of sp³-hybridized carbons (Fsp3) is 0.382. The number of rotatable bonds is 6. The molecule has 1 aromatic heterocycles. The molecule has 0 saturated carbocycles. The number of piperidine rings is 2. The maximum Gasteiger partial charge on any atom is 0.287 e. The van der Waals surface area contributed by atoms with Gasteiger partial charge >= 0.3 is 0 Å². The highest BCUT2D eigenvalue weighted by molar-refractivity contribution is 6.33. The number of amides is 5. The number of benzene rings is 2. The smallest absolute Gasteiger partial charge is 0.287 e. The number of likely N-dealkylation sites (N-methyl/N-ethyl adjacent to an activating group) is 1. The molecule has 7 rings (SSSR count). The molecule has 5 amide bonds. The summed E-state index contributed by atoms with van der Waals surface area (Å²) in [6.45, 7) is 2.57. The van der Waals surface area contributed by atoms with E-state index in [2.05, 4.69) is 20.6 Å². The first-order valence-electron chi connectivity index (χ1n) is 15.9. The van der Waals surface area contributed by atoms with Gasteiger partial charge in [0.1, 0.15) is 11.1 Å². The number of halogens is 1. The van der Waals surface area contributed by atoms with Crippen LogP contribution in [0.4, 0.5) is 5.69 Å². The fourth-order valence-electron chi connectivity index (χ4n) is 7.18. The SMILES string of the molecule is CN1C[C@H](Nc2cnn(C)c(=O)c2Cl)C[C@H](c2ccc(C(=O)N3CC(c4ccc5c(c4)C(=O)N(C4CCC(=O)NC4=O)C5=O)C3)cc2)C1. The molecular weight excluding hydrogens is 638 g/mol. The molecule has 3 aromatic rings. The van der Waals surface area contributed by atoms with E-state index in [-0.39, 0.29) is 58.3 Å². The Hall–Kier alpha value is -4.88. The van der Waals surface area contributed by atoms with Crippen molar-refractivity contribution in [1.82, 2.24) is 29.8 Å². The Kier molecular flexibility index (Phi) is 8.12. The van der Waals surface area contributed by atoms with Crippen molar-refractivity contribution in [1.29, 1.82) is 0 Å². The van der Waals surface area contributed by atoms with Gasteiger partial charge in [-0.15, -0.1) is 0 Å². The predicted octanol–water partition coefficient (Wildman–Crippen LogP) is 1.97. The van der Waals surface area contributed by atoms with Gasteiger partial charge in [-0.05, 0) is 61.2 Å². The average molecular weight is 672 g/mol. The minimum atomic E-state index is -1.01. The molecule has 3 fully saturated rings. The Morgan fingerprint density at radius 2 is 1.60 bits per heavy atom. The second kappa shape index (κ2) is 12.3. The first-order valence-corrected chi connectivity index (χ1v) is 16.3. The number of carbonyl (C=O) groups is 5. The van der Waals surface area contributed by atoms with E-state index in [9.17, 15) is 28.8 Å². The molecule has 0 spiro atoms. The summed E-state index contributed by atoms with van der Waals surface area (Å²) < 4.78 is 1.20. The first-order chi connectivity index (χ1) is 23.0. The highest BCUT2D eigenvalue weighted by Gasteiger charge is 2.45. The molecule has 14 heteroatoms. The molecule has 5 heterocycles. The number of hydrogen-bond acceptors (Lipinski definition) is 9. The monoisotopic (exact) mass is 671 g/mol. The Labute approximate surface area is 280 Å². The lowest BCUT2D eigenvalue weighted by molar-refractivity contribution is -0.136. The standard InChI is InChI=1S/C34H34ClN7O6/c1-39-14-21(11-23(17-39)37-26-13-36-40(2)34(48)29(26)35)18-3-5-19(6-4-18)31(45)41-15-22(16-41)20-7-8-24-25(12-20)33(47)42(32(24)46)27-9-10-28(43)38-30(27)44/h3-8,12-13,21-23,27,37H,9-11,14-17H2,1-2H3,(H,38,43,44)/t21-,23+,27?/m0/s1. The third-order valence-electron chi connectivity index (χ3n) is 9.80. The molecule has 4 aliphatic heterocycles. The molecule has 2 aromatic carbocycles. The minimum Gasteiger partial charge on any atom is -0.378 e. The first kappa shape index (κ1) is 31.7. The van der Waals surface area contributed by atoms with E-state index >= 15 is 0 Å². The molecule has 48 heavy (non-hydrogen) atoms. The van der Waals surface area contributed by atoms with E-state index in [0.29, 0.717) is 24.3 Å². The molecule has 1 unspecified atom stereocenters. The molecule has 248 valence electrons. The van der Waals surface area contributed by atoms with Crippen molar-refractivity contribution in [3.8, 4) is 0 Å². The molecule has 4 aliphatic rings. The van der Waals surface area contributed by atoms with E-state index in [4.69, 9.17) is 11.6 Å². The van der Waals surface area contributed by atoms with Gasteiger partial charge in [0.25, 0.3) is 23.3 Å². The van der Waals surface area contributed by atoms with Crippen molar-refractivity contribution in [2.24, 2.45) is 7.05 Å². The van der Waals surface area contributed by atoms with Crippen molar-refractivity contribution in [2.75, 3.05) is 38.5 Å². The zero-order chi connectivity index (χ0) is 33.9. The van der Waals surface area contributed by atoms with E-state index in [1.807, 2.05) is 31.3 Å². The van der Waals surface area contributed by atoms with Crippen LogP contribution in [0.25, 0.3) is 0 Å². The van der Waals surface area contributed by atoms with Crippen molar-refractivity contribution >= 4 is 46.8 Å². The topological polar surface area (TPSA) is 154 Å². The predicted molar refractivity (Wildman–Crippen MR) is 175 cm³/mol. The number of nitrogens with zero attached hydrogens (tertiary/aromatic N) is 5. The minimum absolute atomic E-state index is 0.00167. The van der Waals surface area contributed by atoms with E-state index in [1.54, 1.807) is 36.3 Å². The summed E-state index contributed by atoms with van der Waals surface area (Å²) in [5.74, 6) is -2.02. The van der Waals surface area contributed by atoms with Crippen molar-refractivity contribution < 1.29 is 24.0 Å². The maximum absolute atomic E-state index is 13.3. The highest BCUT2D eigenvalue weighted by Crippen LogP contribution is 2.34. The van der Waals surface area contributed by atoms with Crippen LogP contribution in [0.3, 0.4) is 0 Å². The van der Waals surface area contributed by atoms with E-state index in [0.717, 1.165) is 35.5 Å². The highest BCUT2D eigenvalue weighted by atomic mass is 35.5. The number of carbonyl (C=O) groups excluding carboxylic acids is 5. The molecular formula is C34H34ClN7O6. The molecule has 0 radical (unpaired) electrons. The second-order valence-corrected chi connectivity index (χ2v) is 13.5. The third-order valence-corrected chi connectivity index (χ3v) is 10.2. The van der Waals surface area contributed by atoms with Gasteiger partial charge in [0.2, 0.25) is 11.8 Å². The fourth-order valence-corrected chi connectivity index (χ4v) is 7.40. The molecule has 0 bridgehead atoms. The van der Waals surface area contributed by atoms with Crippen LogP contribution < -0.4 is 16.2 Å². The lowest BCUT2D eigenvalue weighted by atomic mass is 9.87. The lowest BCUT2D eigenvalue weighted by Gasteiger charge is -2.40. The second-order valence-electron chi connectivity index (χ2n) is 13.1. The summed E-state index contributed by atoms with van der Waals surface area (Å²) in [7, 11) is 3.60. The van der Waals surface area contributed by atoms with Crippen LogP contribution in [0.5, 0.6) is 0 Å². The Morgan fingerprint density at radius 1 is 0.896 bits per heavy atom. The third kappa shape index (κ3) is 5.66. The molecule has 3 saturated heterocycles. The Bertz CT molecular complexity index is 1920. The summed E-state index contributed by atoms with van der Waals surface area (Å²) in [4.78, 5) is 80.6. The average Bonchev–Trinajstić information content (AvgIpc) is 3.29. The van der Waals surface area contributed by atoms with Gasteiger partial charge in [0, 0.05) is 57.2 Å². The summed E-state index contributed by atoms with van der Waals surface area (Å²) in [6, 6.07) is 11.8. The van der Waals surface area contributed by atoms with E-state index in [1.165, 1.54) is 4.68 Å². The molecule has 0 aliphatic carbocycles. The molecule has 3 atom stereocenters. The Morgan fingerprint density at radius 3 is 2.33 bits per heavy atom. The van der Waals surface area contributed by atoms with Gasteiger partial charge in [-0.3, -0.25) is 39.0 Å². The number of imide groups is 2. The van der Waals surface area contributed by atoms with Crippen LogP contribution in [-0.2, 0) is 16.6 Å². The molecule has 13 nitrogen and oxygen atoms in total. The number of aromatic nitrogens is 2. The number of hydrogen-bond donors (Lipinski definition) is 2. The van der Waals surface area contributed by atoms with Crippen molar-refractivity contribution in [3.05, 3.63) is 91.9 Å². The van der Waals surface area contributed by atoms with Crippen LogP contribution in [0.1, 0.15) is 73.3 Å². The van der Waals surface area contributed by atoms with Crippen molar-refractivity contribution in [3.63, 3.8) is 0 Å². The largest absolute Gasteiger partial charge is 0.378 e. The van der Waals surface area contributed by atoms with Gasteiger partial charge in [0.05, 0.1) is 23.0 Å².